The van der Waals surface area contributed by atoms with Crippen LogP contribution in [0.5, 0.6) is 5.88 Å². The molecule has 2 saturated heterocycles. The van der Waals surface area contributed by atoms with Crippen molar-refractivity contribution in [2.24, 2.45) is 5.92 Å². The highest BCUT2D eigenvalue weighted by atomic mass is 19.1. The normalized spacial score (nSPS) is 31.8. The molecule has 5 nitrogen and oxygen atoms in total. The van der Waals surface area contributed by atoms with Gasteiger partial charge in [-0.05, 0) is 43.7 Å². The predicted octanol–water partition coefficient (Wildman–Crippen LogP) is 2.26. The minimum Gasteiger partial charge on any atom is -0.469 e. The second kappa shape index (κ2) is 7.33. The van der Waals surface area contributed by atoms with E-state index in [-0.39, 0.29) is 18.1 Å². The molecule has 1 aromatic rings. The Hall–Kier alpha value is -1.24. The molecule has 132 valence electrons. The van der Waals surface area contributed by atoms with Crippen molar-refractivity contribution >= 4 is 0 Å². The summed E-state index contributed by atoms with van der Waals surface area (Å²) in [5.41, 5.74) is 0. The van der Waals surface area contributed by atoms with Crippen molar-refractivity contribution in [3.05, 3.63) is 24.1 Å². The highest BCUT2D eigenvalue weighted by molar-refractivity contribution is 5.14. The Morgan fingerprint density at radius 1 is 1.21 bits per heavy atom. The van der Waals surface area contributed by atoms with Crippen molar-refractivity contribution in [1.82, 2.24) is 9.88 Å². The monoisotopic (exact) mass is 336 g/mol. The number of aromatic nitrogens is 1. The number of halogens is 1. The van der Waals surface area contributed by atoms with Crippen molar-refractivity contribution in [3.8, 4) is 5.88 Å². The number of ether oxygens (including phenoxy) is 3. The Kier molecular flexibility index (Phi) is 4.96. The van der Waals surface area contributed by atoms with Crippen LogP contribution in [0.3, 0.4) is 0 Å². The summed E-state index contributed by atoms with van der Waals surface area (Å²) in [5.74, 6) is 0.398. The number of hydrogen-bond donors (Lipinski definition) is 0. The van der Waals surface area contributed by atoms with E-state index in [4.69, 9.17) is 14.2 Å². The summed E-state index contributed by atoms with van der Waals surface area (Å²) in [4.78, 5) is 6.57. The van der Waals surface area contributed by atoms with Gasteiger partial charge in [-0.2, -0.15) is 0 Å². The van der Waals surface area contributed by atoms with Crippen LogP contribution in [-0.4, -0.2) is 61.0 Å². The van der Waals surface area contributed by atoms with Gasteiger partial charge in [-0.1, -0.05) is 0 Å². The van der Waals surface area contributed by atoms with E-state index in [2.05, 4.69) is 9.88 Å². The van der Waals surface area contributed by atoms with Crippen LogP contribution < -0.4 is 4.74 Å². The first-order valence-corrected chi connectivity index (χ1v) is 9.02. The molecule has 4 rings (SSSR count). The lowest BCUT2D eigenvalue weighted by Crippen LogP contribution is -2.53. The van der Waals surface area contributed by atoms with Gasteiger partial charge < -0.3 is 14.2 Å². The summed E-state index contributed by atoms with van der Waals surface area (Å²) in [5, 5.41) is 0. The van der Waals surface area contributed by atoms with Gasteiger partial charge in [-0.15, -0.1) is 0 Å². The molecule has 3 aliphatic rings. The molecule has 3 fully saturated rings. The van der Waals surface area contributed by atoms with E-state index in [0.717, 1.165) is 58.6 Å². The zero-order valence-corrected chi connectivity index (χ0v) is 13.9. The molecular weight excluding hydrogens is 311 g/mol. The summed E-state index contributed by atoms with van der Waals surface area (Å²) in [7, 11) is 0. The average molecular weight is 336 g/mol. The summed E-state index contributed by atoms with van der Waals surface area (Å²) in [6.45, 7) is 4.57. The first kappa shape index (κ1) is 16.2. The van der Waals surface area contributed by atoms with Crippen LogP contribution in [0.4, 0.5) is 4.39 Å². The zero-order chi connectivity index (χ0) is 16.4. The van der Waals surface area contributed by atoms with Gasteiger partial charge in [0.2, 0.25) is 0 Å². The van der Waals surface area contributed by atoms with Crippen LogP contribution in [-0.2, 0) is 9.47 Å². The van der Waals surface area contributed by atoms with Gasteiger partial charge in [0, 0.05) is 38.5 Å². The van der Waals surface area contributed by atoms with Gasteiger partial charge in [0.25, 0.3) is 5.88 Å². The zero-order valence-electron chi connectivity index (χ0n) is 13.9. The lowest BCUT2D eigenvalue weighted by atomic mass is 9.98. The fourth-order valence-corrected chi connectivity index (χ4v) is 4.21. The quantitative estimate of drug-likeness (QED) is 0.844. The number of rotatable bonds is 4. The predicted molar refractivity (Wildman–Crippen MR) is 86.5 cm³/mol. The Labute approximate surface area is 142 Å². The standard InChI is InChI=1S/C18H25FN2O3/c19-14-2-1-7-20-18(14)24-16-4-3-15-17(16)23-11-8-21(15)12-13-5-9-22-10-6-13/h1-2,7,13,15-17H,3-6,8-12H2/t15-,16-,17+/m1/s1. The van der Waals surface area contributed by atoms with Crippen LogP contribution in [0, 0.1) is 11.7 Å². The van der Waals surface area contributed by atoms with Crippen molar-refractivity contribution in [3.63, 3.8) is 0 Å². The van der Waals surface area contributed by atoms with E-state index in [9.17, 15) is 4.39 Å². The van der Waals surface area contributed by atoms with E-state index in [1.807, 2.05) is 0 Å². The molecule has 0 radical (unpaired) electrons. The minimum absolute atomic E-state index is 0.0139. The number of hydrogen-bond acceptors (Lipinski definition) is 5. The SMILES string of the molecule is Fc1cccnc1O[C@@H]1CC[C@@H]2[C@@H]1OCCN2CC1CCOCC1. The second-order valence-electron chi connectivity index (χ2n) is 6.98. The third-order valence-corrected chi connectivity index (χ3v) is 5.47. The fraction of sp³-hybridized carbons (Fsp3) is 0.722. The van der Waals surface area contributed by atoms with Gasteiger partial charge in [0.1, 0.15) is 12.2 Å². The summed E-state index contributed by atoms with van der Waals surface area (Å²) < 4.78 is 31.1. The highest BCUT2D eigenvalue weighted by Crippen LogP contribution is 2.34. The Morgan fingerprint density at radius 3 is 2.92 bits per heavy atom. The van der Waals surface area contributed by atoms with Gasteiger partial charge in [-0.25, -0.2) is 9.37 Å². The maximum atomic E-state index is 13.8. The van der Waals surface area contributed by atoms with E-state index in [1.165, 1.54) is 6.07 Å². The molecule has 0 N–H and O–H groups in total. The summed E-state index contributed by atoms with van der Waals surface area (Å²) >= 11 is 0. The van der Waals surface area contributed by atoms with Crippen molar-refractivity contribution in [2.45, 2.75) is 43.9 Å². The van der Waals surface area contributed by atoms with E-state index in [1.54, 1.807) is 12.3 Å². The molecule has 2 aliphatic heterocycles. The fourth-order valence-electron chi connectivity index (χ4n) is 4.21. The van der Waals surface area contributed by atoms with Crippen molar-refractivity contribution in [2.75, 3.05) is 32.9 Å². The average Bonchev–Trinajstić information content (AvgIpc) is 3.02. The van der Waals surface area contributed by atoms with Crippen molar-refractivity contribution in [1.29, 1.82) is 0 Å². The molecule has 0 amide bonds. The highest BCUT2D eigenvalue weighted by Gasteiger charge is 2.44. The molecule has 1 aromatic heterocycles. The number of morpholine rings is 1. The van der Waals surface area contributed by atoms with E-state index in [0.29, 0.717) is 12.0 Å². The smallest absolute Gasteiger partial charge is 0.250 e. The molecule has 3 heterocycles. The van der Waals surface area contributed by atoms with E-state index < -0.39 is 5.82 Å². The Morgan fingerprint density at radius 2 is 2.08 bits per heavy atom. The maximum absolute atomic E-state index is 13.8. The summed E-state index contributed by atoms with van der Waals surface area (Å²) in [6.07, 6.45) is 5.67. The number of pyridine rings is 1. The van der Waals surface area contributed by atoms with E-state index >= 15 is 0 Å². The molecule has 3 atom stereocenters. The number of nitrogens with zero attached hydrogens (tertiary/aromatic N) is 2. The largest absolute Gasteiger partial charge is 0.469 e. The third-order valence-electron chi connectivity index (χ3n) is 5.47. The molecule has 0 bridgehead atoms. The lowest BCUT2D eigenvalue weighted by molar-refractivity contribution is -0.0964. The molecular formula is C18H25FN2O3. The van der Waals surface area contributed by atoms with Crippen LogP contribution in [0.25, 0.3) is 0 Å². The van der Waals surface area contributed by atoms with Gasteiger partial charge in [-0.3, -0.25) is 4.90 Å². The van der Waals surface area contributed by atoms with Crippen molar-refractivity contribution < 1.29 is 18.6 Å². The molecule has 0 unspecified atom stereocenters. The maximum Gasteiger partial charge on any atom is 0.250 e. The van der Waals surface area contributed by atoms with Gasteiger partial charge in [0.15, 0.2) is 5.82 Å². The molecule has 1 saturated carbocycles. The molecule has 6 heteroatoms. The Balaban J connectivity index is 1.39. The lowest BCUT2D eigenvalue weighted by Gasteiger charge is -2.41. The first-order valence-electron chi connectivity index (χ1n) is 9.02. The molecule has 1 aliphatic carbocycles. The number of fused-ring (bicyclic) bond motifs is 1. The third kappa shape index (κ3) is 3.41. The van der Waals surface area contributed by atoms with Gasteiger partial charge >= 0.3 is 0 Å². The van der Waals surface area contributed by atoms with Crippen LogP contribution in [0.2, 0.25) is 0 Å². The summed E-state index contributed by atoms with van der Waals surface area (Å²) in [6, 6.07) is 3.33. The van der Waals surface area contributed by atoms with Gasteiger partial charge in [0.05, 0.1) is 6.61 Å². The van der Waals surface area contributed by atoms with Crippen LogP contribution >= 0.6 is 0 Å². The molecule has 0 spiro atoms. The van der Waals surface area contributed by atoms with Crippen LogP contribution in [0.15, 0.2) is 18.3 Å². The Bertz CT molecular complexity index is 553. The first-order chi connectivity index (χ1) is 11.8. The molecule has 24 heavy (non-hydrogen) atoms. The second-order valence-corrected chi connectivity index (χ2v) is 6.98. The topological polar surface area (TPSA) is 43.8 Å². The molecule has 0 aromatic carbocycles. The minimum atomic E-state index is -0.407. The van der Waals surface area contributed by atoms with Crippen LogP contribution in [0.1, 0.15) is 25.7 Å².